The minimum Gasteiger partial charge on any atom is -0.497 e. The van der Waals surface area contributed by atoms with Crippen LogP contribution in [0.25, 0.3) is 0 Å². The van der Waals surface area contributed by atoms with Gasteiger partial charge in [0.1, 0.15) is 29.0 Å². The summed E-state index contributed by atoms with van der Waals surface area (Å²) in [5.74, 6) is 3.88. The van der Waals surface area contributed by atoms with Gasteiger partial charge in [0.05, 0.1) is 19.4 Å². The second-order valence-corrected chi connectivity index (χ2v) is 6.27. The van der Waals surface area contributed by atoms with Gasteiger partial charge in [0, 0.05) is 12.6 Å². The molecule has 1 aromatic heterocycles. The molecule has 0 unspecified atom stereocenters. The lowest BCUT2D eigenvalue weighted by Gasteiger charge is -2.13. The smallest absolute Gasteiger partial charge is 0.142 e. The number of benzene rings is 2. The molecule has 1 heterocycles. The van der Waals surface area contributed by atoms with E-state index < -0.39 is 0 Å². The van der Waals surface area contributed by atoms with Gasteiger partial charge in [0.2, 0.25) is 0 Å². The summed E-state index contributed by atoms with van der Waals surface area (Å²) in [6.45, 7) is 5.22. The first kappa shape index (κ1) is 19.5. The van der Waals surface area contributed by atoms with Crippen LogP contribution in [-0.2, 0) is 6.42 Å². The monoisotopic (exact) mass is 378 g/mol. The Labute approximate surface area is 166 Å². The summed E-state index contributed by atoms with van der Waals surface area (Å²) in [6.07, 6.45) is 0.871. The van der Waals surface area contributed by atoms with Crippen molar-refractivity contribution in [2.45, 2.75) is 20.3 Å². The van der Waals surface area contributed by atoms with E-state index in [9.17, 15) is 0 Å². The number of hydrogen-bond donors (Lipinski definition) is 2. The number of ether oxygens (including phenoxy) is 2. The average Bonchev–Trinajstić information content (AvgIpc) is 2.69. The molecule has 0 aliphatic heterocycles. The molecule has 0 bridgehead atoms. The predicted molar refractivity (Wildman–Crippen MR) is 113 cm³/mol. The van der Waals surface area contributed by atoms with E-state index in [4.69, 9.17) is 9.47 Å². The van der Waals surface area contributed by atoms with Gasteiger partial charge < -0.3 is 20.1 Å². The van der Waals surface area contributed by atoms with Crippen molar-refractivity contribution in [3.63, 3.8) is 0 Å². The normalized spacial score (nSPS) is 10.4. The molecule has 3 rings (SSSR count). The molecular weight excluding hydrogens is 352 g/mol. The molecule has 0 saturated carbocycles. The van der Waals surface area contributed by atoms with Crippen molar-refractivity contribution in [2.75, 3.05) is 30.9 Å². The molecule has 146 valence electrons. The molecule has 0 spiro atoms. The molecular formula is C22H26N4O2. The topological polar surface area (TPSA) is 68.3 Å². The summed E-state index contributed by atoms with van der Waals surface area (Å²) >= 11 is 0. The van der Waals surface area contributed by atoms with Gasteiger partial charge in [-0.05, 0) is 50.1 Å². The molecule has 28 heavy (non-hydrogen) atoms. The molecule has 0 aliphatic rings. The van der Waals surface area contributed by atoms with Gasteiger partial charge in [0.25, 0.3) is 0 Å². The molecule has 0 aliphatic carbocycles. The Balaban J connectivity index is 1.66. The minimum absolute atomic E-state index is 0.610. The average molecular weight is 378 g/mol. The third-order valence-corrected chi connectivity index (χ3v) is 4.14. The van der Waals surface area contributed by atoms with Gasteiger partial charge >= 0.3 is 0 Å². The maximum absolute atomic E-state index is 5.67. The van der Waals surface area contributed by atoms with E-state index in [1.165, 1.54) is 5.56 Å². The van der Waals surface area contributed by atoms with Crippen molar-refractivity contribution in [3.8, 4) is 11.5 Å². The third-order valence-electron chi connectivity index (χ3n) is 4.14. The Morgan fingerprint density at radius 1 is 0.964 bits per heavy atom. The third kappa shape index (κ3) is 5.36. The summed E-state index contributed by atoms with van der Waals surface area (Å²) in [7, 11) is 1.68. The van der Waals surface area contributed by atoms with Gasteiger partial charge in [-0.2, -0.15) is 0 Å². The molecule has 0 radical (unpaired) electrons. The molecule has 0 amide bonds. The predicted octanol–water partition coefficient (Wildman–Crippen LogP) is 4.59. The molecule has 2 aromatic carbocycles. The fourth-order valence-corrected chi connectivity index (χ4v) is 2.87. The fourth-order valence-electron chi connectivity index (χ4n) is 2.87. The Bertz CT molecular complexity index is 915. The molecule has 2 N–H and O–H groups in total. The van der Waals surface area contributed by atoms with E-state index in [0.717, 1.165) is 41.8 Å². The standard InChI is InChI=1S/C22H26N4O2/c1-4-28-20-11-6-5-10-19(20)26-22-15-21(24-16(2)25-22)23-13-12-17-8-7-9-18(14-17)27-3/h5-11,14-15H,4,12-13H2,1-3H3,(H2,23,24,25,26). The first-order chi connectivity index (χ1) is 13.7. The number of aryl methyl sites for hydroxylation is 1. The zero-order valence-corrected chi connectivity index (χ0v) is 16.5. The van der Waals surface area contributed by atoms with Crippen molar-refractivity contribution >= 4 is 17.3 Å². The molecule has 6 heteroatoms. The van der Waals surface area contributed by atoms with E-state index in [0.29, 0.717) is 12.4 Å². The van der Waals surface area contributed by atoms with Crippen LogP contribution in [0.1, 0.15) is 18.3 Å². The van der Waals surface area contributed by atoms with Crippen LogP contribution in [0.2, 0.25) is 0 Å². The number of methoxy groups -OCH3 is 1. The van der Waals surface area contributed by atoms with E-state index in [1.807, 2.05) is 62.4 Å². The number of nitrogens with zero attached hydrogens (tertiary/aromatic N) is 2. The Kier molecular flexibility index (Phi) is 6.68. The first-order valence-corrected chi connectivity index (χ1v) is 9.39. The number of aromatic nitrogens is 2. The van der Waals surface area contributed by atoms with Gasteiger partial charge in [-0.3, -0.25) is 0 Å². The van der Waals surface area contributed by atoms with Crippen LogP contribution in [0.4, 0.5) is 17.3 Å². The van der Waals surface area contributed by atoms with Crippen molar-refractivity contribution in [2.24, 2.45) is 0 Å². The van der Waals surface area contributed by atoms with Crippen LogP contribution in [0.15, 0.2) is 54.6 Å². The van der Waals surface area contributed by atoms with Gasteiger partial charge in [-0.15, -0.1) is 0 Å². The maximum Gasteiger partial charge on any atom is 0.142 e. The minimum atomic E-state index is 0.610. The van der Waals surface area contributed by atoms with E-state index in [-0.39, 0.29) is 0 Å². The summed E-state index contributed by atoms with van der Waals surface area (Å²) in [4.78, 5) is 8.97. The van der Waals surface area contributed by atoms with E-state index in [2.05, 4.69) is 26.7 Å². The first-order valence-electron chi connectivity index (χ1n) is 9.39. The zero-order chi connectivity index (χ0) is 19.8. The Morgan fingerprint density at radius 3 is 2.61 bits per heavy atom. The maximum atomic E-state index is 5.67. The number of nitrogens with one attached hydrogen (secondary N) is 2. The van der Waals surface area contributed by atoms with Crippen molar-refractivity contribution in [3.05, 3.63) is 66.0 Å². The summed E-state index contributed by atoms with van der Waals surface area (Å²) in [6, 6.07) is 17.8. The highest BCUT2D eigenvalue weighted by Crippen LogP contribution is 2.27. The highest BCUT2D eigenvalue weighted by Gasteiger charge is 2.06. The van der Waals surface area contributed by atoms with Crippen molar-refractivity contribution in [1.29, 1.82) is 0 Å². The van der Waals surface area contributed by atoms with Crippen LogP contribution < -0.4 is 20.1 Å². The second kappa shape index (κ2) is 9.60. The summed E-state index contributed by atoms with van der Waals surface area (Å²) < 4.78 is 10.9. The quantitative estimate of drug-likeness (QED) is 0.568. The second-order valence-electron chi connectivity index (χ2n) is 6.27. The molecule has 0 saturated heterocycles. The van der Waals surface area contributed by atoms with Crippen LogP contribution in [0.3, 0.4) is 0 Å². The number of hydrogen-bond acceptors (Lipinski definition) is 6. The van der Waals surface area contributed by atoms with Crippen LogP contribution in [0.5, 0.6) is 11.5 Å². The van der Waals surface area contributed by atoms with Crippen LogP contribution in [-0.4, -0.2) is 30.2 Å². The van der Waals surface area contributed by atoms with E-state index >= 15 is 0 Å². The fraction of sp³-hybridized carbons (Fsp3) is 0.273. The molecule has 0 fully saturated rings. The highest BCUT2D eigenvalue weighted by molar-refractivity contribution is 5.65. The van der Waals surface area contributed by atoms with E-state index in [1.54, 1.807) is 7.11 Å². The van der Waals surface area contributed by atoms with Crippen molar-refractivity contribution < 1.29 is 9.47 Å². The molecule has 3 aromatic rings. The van der Waals surface area contributed by atoms with Gasteiger partial charge in [-0.1, -0.05) is 24.3 Å². The van der Waals surface area contributed by atoms with Crippen LogP contribution >= 0.6 is 0 Å². The lowest BCUT2D eigenvalue weighted by molar-refractivity contribution is 0.342. The number of rotatable bonds is 9. The number of anilines is 3. The lowest BCUT2D eigenvalue weighted by Crippen LogP contribution is -2.08. The Hall–Kier alpha value is -3.28. The molecule has 6 nitrogen and oxygen atoms in total. The lowest BCUT2D eigenvalue weighted by atomic mass is 10.1. The van der Waals surface area contributed by atoms with Gasteiger partial charge in [-0.25, -0.2) is 9.97 Å². The van der Waals surface area contributed by atoms with Crippen molar-refractivity contribution in [1.82, 2.24) is 9.97 Å². The Morgan fingerprint density at radius 2 is 1.79 bits per heavy atom. The zero-order valence-electron chi connectivity index (χ0n) is 16.5. The number of para-hydroxylation sites is 2. The highest BCUT2D eigenvalue weighted by atomic mass is 16.5. The summed E-state index contributed by atoms with van der Waals surface area (Å²) in [5, 5.41) is 6.70. The summed E-state index contributed by atoms with van der Waals surface area (Å²) in [5.41, 5.74) is 2.09. The van der Waals surface area contributed by atoms with Crippen LogP contribution in [0, 0.1) is 6.92 Å². The van der Waals surface area contributed by atoms with Gasteiger partial charge in [0.15, 0.2) is 0 Å². The molecule has 0 atom stereocenters. The SMILES string of the molecule is CCOc1ccccc1Nc1cc(NCCc2cccc(OC)c2)nc(C)n1. The largest absolute Gasteiger partial charge is 0.497 e.